The van der Waals surface area contributed by atoms with Crippen LogP contribution < -0.4 is 0 Å². The van der Waals surface area contributed by atoms with Crippen molar-refractivity contribution >= 4 is 21.6 Å². The number of aromatic nitrogens is 3. The molecule has 0 N–H and O–H groups in total. The first-order valence-electron chi connectivity index (χ1n) is 5.69. The molecule has 2 heterocycles. The quantitative estimate of drug-likeness (QED) is 0.750. The fourth-order valence-electron chi connectivity index (χ4n) is 2.04. The molecular formula is C12H14BrN3. The van der Waals surface area contributed by atoms with Gasteiger partial charge in [0.1, 0.15) is 4.60 Å². The van der Waals surface area contributed by atoms with Crippen molar-refractivity contribution in [3.8, 4) is 0 Å². The third kappa shape index (κ3) is 1.39. The predicted molar refractivity (Wildman–Crippen MR) is 66.8 cm³/mol. The van der Waals surface area contributed by atoms with Gasteiger partial charge in [0, 0.05) is 5.92 Å². The van der Waals surface area contributed by atoms with Crippen LogP contribution in [-0.4, -0.2) is 14.6 Å². The van der Waals surface area contributed by atoms with Crippen LogP contribution in [0.2, 0.25) is 0 Å². The Hall–Kier alpha value is -0.900. The van der Waals surface area contributed by atoms with Crippen LogP contribution in [0, 0.1) is 13.8 Å². The van der Waals surface area contributed by atoms with E-state index in [0.29, 0.717) is 5.92 Å². The average Bonchev–Trinajstić information content (AvgIpc) is 2.55. The first-order valence-corrected chi connectivity index (χ1v) is 6.48. The summed E-state index contributed by atoms with van der Waals surface area (Å²) in [5.74, 6) is 1.60. The topological polar surface area (TPSA) is 30.2 Å². The van der Waals surface area contributed by atoms with Crippen LogP contribution in [0.15, 0.2) is 10.7 Å². The summed E-state index contributed by atoms with van der Waals surface area (Å²) in [4.78, 5) is 4.62. The number of hydrogen-bond acceptors (Lipinski definition) is 2. The SMILES string of the molecule is Cc1cc2nc(C3CCC3)nn2c(Br)c1C. The second-order valence-electron chi connectivity index (χ2n) is 4.61. The van der Waals surface area contributed by atoms with Crippen molar-refractivity contribution in [3.05, 3.63) is 27.6 Å². The van der Waals surface area contributed by atoms with E-state index in [1.165, 1.54) is 30.4 Å². The highest BCUT2D eigenvalue weighted by Gasteiger charge is 2.24. The molecule has 0 radical (unpaired) electrons. The Morgan fingerprint density at radius 3 is 2.75 bits per heavy atom. The van der Waals surface area contributed by atoms with Crippen LogP contribution in [0.25, 0.3) is 5.65 Å². The number of hydrogen-bond donors (Lipinski definition) is 0. The van der Waals surface area contributed by atoms with Crippen LogP contribution >= 0.6 is 15.9 Å². The minimum Gasteiger partial charge on any atom is -0.212 e. The molecule has 3 rings (SSSR count). The Morgan fingerprint density at radius 2 is 2.12 bits per heavy atom. The highest BCUT2D eigenvalue weighted by molar-refractivity contribution is 9.10. The number of fused-ring (bicyclic) bond motifs is 1. The summed E-state index contributed by atoms with van der Waals surface area (Å²) in [5.41, 5.74) is 3.45. The number of aryl methyl sites for hydroxylation is 1. The van der Waals surface area contributed by atoms with Crippen LogP contribution in [0.5, 0.6) is 0 Å². The monoisotopic (exact) mass is 279 g/mol. The molecular weight excluding hydrogens is 266 g/mol. The normalized spacial score (nSPS) is 16.7. The van der Waals surface area contributed by atoms with Crippen molar-refractivity contribution in [2.24, 2.45) is 0 Å². The van der Waals surface area contributed by atoms with E-state index in [1.807, 2.05) is 4.52 Å². The van der Waals surface area contributed by atoms with Gasteiger partial charge in [-0.05, 0) is 59.8 Å². The number of halogens is 1. The molecule has 0 aromatic carbocycles. The first kappa shape index (κ1) is 10.3. The average molecular weight is 280 g/mol. The summed E-state index contributed by atoms with van der Waals surface area (Å²) < 4.78 is 2.94. The molecule has 0 unspecified atom stereocenters. The van der Waals surface area contributed by atoms with E-state index in [2.05, 4.69) is 45.9 Å². The number of nitrogens with zero attached hydrogens (tertiary/aromatic N) is 3. The second-order valence-corrected chi connectivity index (χ2v) is 5.36. The van der Waals surface area contributed by atoms with Crippen molar-refractivity contribution < 1.29 is 0 Å². The maximum absolute atomic E-state index is 4.62. The molecule has 0 saturated heterocycles. The lowest BCUT2D eigenvalue weighted by Crippen LogP contribution is -2.10. The van der Waals surface area contributed by atoms with E-state index in [9.17, 15) is 0 Å². The fourth-order valence-corrected chi connectivity index (χ4v) is 2.62. The van der Waals surface area contributed by atoms with Crippen molar-refractivity contribution in [1.82, 2.24) is 14.6 Å². The largest absolute Gasteiger partial charge is 0.212 e. The zero-order valence-electron chi connectivity index (χ0n) is 9.50. The lowest BCUT2D eigenvalue weighted by molar-refractivity contribution is 0.401. The van der Waals surface area contributed by atoms with Gasteiger partial charge in [-0.3, -0.25) is 0 Å². The minimum atomic E-state index is 0.590. The standard InChI is InChI=1S/C12H14BrN3/c1-7-6-10-14-12(9-4-3-5-9)15-16(10)11(13)8(7)2/h6,9H,3-5H2,1-2H3. The van der Waals surface area contributed by atoms with Crippen molar-refractivity contribution in [3.63, 3.8) is 0 Å². The summed E-state index contributed by atoms with van der Waals surface area (Å²) >= 11 is 3.59. The van der Waals surface area contributed by atoms with Gasteiger partial charge in [0.05, 0.1) is 0 Å². The first-order chi connectivity index (χ1) is 7.66. The Morgan fingerprint density at radius 1 is 1.38 bits per heavy atom. The highest BCUT2D eigenvalue weighted by Crippen LogP contribution is 2.35. The lowest BCUT2D eigenvalue weighted by Gasteiger charge is -2.21. The molecule has 0 atom stereocenters. The highest BCUT2D eigenvalue weighted by atomic mass is 79.9. The van der Waals surface area contributed by atoms with E-state index in [0.717, 1.165) is 16.1 Å². The van der Waals surface area contributed by atoms with Gasteiger partial charge in [-0.2, -0.15) is 0 Å². The predicted octanol–water partition coefficient (Wildman–Crippen LogP) is 3.38. The van der Waals surface area contributed by atoms with E-state index in [-0.39, 0.29) is 0 Å². The molecule has 2 aromatic heterocycles. The van der Waals surface area contributed by atoms with Crippen molar-refractivity contribution in [2.75, 3.05) is 0 Å². The third-order valence-electron chi connectivity index (χ3n) is 3.55. The van der Waals surface area contributed by atoms with Gasteiger partial charge >= 0.3 is 0 Å². The molecule has 4 heteroatoms. The van der Waals surface area contributed by atoms with Gasteiger partial charge in [0.25, 0.3) is 0 Å². The minimum absolute atomic E-state index is 0.590. The van der Waals surface area contributed by atoms with Gasteiger partial charge < -0.3 is 0 Å². The zero-order chi connectivity index (χ0) is 11.3. The Kier molecular flexibility index (Phi) is 2.28. The van der Waals surface area contributed by atoms with Crippen molar-refractivity contribution in [2.45, 2.75) is 39.0 Å². The molecule has 3 nitrogen and oxygen atoms in total. The summed E-state index contributed by atoms with van der Waals surface area (Å²) in [5, 5.41) is 4.59. The van der Waals surface area contributed by atoms with E-state index < -0.39 is 0 Å². The van der Waals surface area contributed by atoms with E-state index in [1.54, 1.807) is 0 Å². The van der Waals surface area contributed by atoms with E-state index >= 15 is 0 Å². The molecule has 84 valence electrons. The number of rotatable bonds is 1. The van der Waals surface area contributed by atoms with Gasteiger partial charge in [-0.25, -0.2) is 9.50 Å². The molecule has 1 fully saturated rings. The number of pyridine rings is 1. The Bertz CT molecular complexity index is 555. The molecule has 1 aliphatic carbocycles. The van der Waals surface area contributed by atoms with Crippen molar-refractivity contribution in [1.29, 1.82) is 0 Å². The Labute approximate surface area is 103 Å². The summed E-state index contributed by atoms with van der Waals surface area (Å²) in [6, 6.07) is 2.11. The van der Waals surface area contributed by atoms with Crippen LogP contribution in [0.1, 0.15) is 42.1 Å². The van der Waals surface area contributed by atoms with Gasteiger partial charge in [-0.15, -0.1) is 5.10 Å². The molecule has 1 aliphatic rings. The molecule has 0 aliphatic heterocycles. The van der Waals surface area contributed by atoms with Gasteiger partial charge in [0.15, 0.2) is 11.5 Å². The summed E-state index contributed by atoms with van der Waals surface area (Å²) in [7, 11) is 0. The zero-order valence-corrected chi connectivity index (χ0v) is 11.1. The van der Waals surface area contributed by atoms with Crippen LogP contribution in [0.3, 0.4) is 0 Å². The lowest BCUT2D eigenvalue weighted by atomic mass is 9.85. The molecule has 16 heavy (non-hydrogen) atoms. The van der Waals surface area contributed by atoms with E-state index in [4.69, 9.17) is 0 Å². The Balaban J connectivity index is 2.20. The summed E-state index contributed by atoms with van der Waals surface area (Å²) in [6.07, 6.45) is 3.80. The fraction of sp³-hybridized carbons (Fsp3) is 0.500. The van der Waals surface area contributed by atoms with Crippen LogP contribution in [0.4, 0.5) is 0 Å². The molecule has 0 amide bonds. The third-order valence-corrected chi connectivity index (χ3v) is 4.48. The maximum atomic E-state index is 4.62. The molecule has 0 bridgehead atoms. The smallest absolute Gasteiger partial charge is 0.157 e. The molecule has 1 saturated carbocycles. The van der Waals surface area contributed by atoms with Gasteiger partial charge in [0.2, 0.25) is 0 Å². The maximum Gasteiger partial charge on any atom is 0.157 e. The van der Waals surface area contributed by atoms with Crippen LogP contribution in [-0.2, 0) is 0 Å². The summed E-state index contributed by atoms with van der Waals surface area (Å²) in [6.45, 7) is 4.21. The molecule has 0 spiro atoms. The molecule has 2 aromatic rings. The van der Waals surface area contributed by atoms with Gasteiger partial charge in [-0.1, -0.05) is 6.42 Å². The second kappa shape index (κ2) is 3.55.